The van der Waals surface area contributed by atoms with Crippen molar-refractivity contribution in [1.29, 1.82) is 0 Å². The molecule has 0 aromatic rings. The molecule has 1 atom stereocenters. The first kappa shape index (κ1) is 11.3. The van der Waals surface area contributed by atoms with Crippen LogP contribution in [0.2, 0.25) is 0 Å². The highest BCUT2D eigenvalue weighted by Gasteiger charge is 2.30. The lowest BCUT2D eigenvalue weighted by Gasteiger charge is -2.34. The predicted octanol–water partition coefficient (Wildman–Crippen LogP) is 2.90. The van der Waals surface area contributed by atoms with Crippen molar-refractivity contribution >= 4 is 0 Å². The summed E-state index contributed by atoms with van der Waals surface area (Å²) in [6, 6.07) is 0. The standard InChI is InChI=1S/C13H20O/c1-4-5-6-7-13(14)10-8-12(2,3)9-11-13/h1,8,10,14H,5-7,9,11H2,2-3H3. The van der Waals surface area contributed by atoms with Gasteiger partial charge in [0.1, 0.15) is 0 Å². The van der Waals surface area contributed by atoms with Gasteiger partial charge >= 0.3 is 0 Å². The molecule has 0 aliphatic heterocycles. The number of terminal acetylenes is 1. The van der Waals surface area contributed by atoms with E-state index in [4.69, 9.17) is 6.42 Å². The van der Waals surface area contributed by atoms with Crippen molar-refractivity contribution in [3.05, 3.63) is 12.2 Å². The highest BCUT2D eigenvalue weighted by Crippen LogP contribution is 2.36. The van der Waals surface area contributed by atoms with Crippen LogP contribution in [-0.2, 0) is 0 Å². The number of unbranched alkanes of at least 4 members (excludes halogenated alkanes) is 1. The molecule has 1 nitrogen and oxygen atoms in total. The number of hydrogen-bond donors (Lipinski definition) is 1. The van der Waals surface area contributed by atoms with Crippen LogP contribution in [0.5, 0.6) is 0 Å². The Kier molecular flexibility index (Phi) is 3.39. The maximum absolute atomic E-state index is 10.2. The zero-order valence-corrected chi connectivity index (χ0v) is 9.21. The Balaban J connectivity index is 2.49. The quantitative estimate of drug-likeness (QED) is 0.414. The van der Waals surface area contributed by atoms with Gasteiger partial charge in [-0.3, -0.25) is 0 Å². The van der Waals surface area contributed by atoms with Gasteiger partial charge in [0.15, 0.2) is 0 Å². The van der Waals surface area contributed by atoms with Crippen LogP contribution in [0.25, 0.3) is 0 Å². The van der Waals surface area contributed by atoms with Gasteiger partial charge in [0, 0.05) is 6.42 Å². The van der Waals surface area contributed by atoms with E-state index in [1.54, 1.807) is 0 Å². The van der Waals surface area contributed by atoms with E-state index in [0.717, 1.165) is 32.1 Å². The lowest BCUT2D eigenvalue weighted by Crippen LogP contribution is -2.32. The minimum atomic E-state index is -0.591. The molecule has 1 aliphatic rings. The largest absolute Gasteiger partial charge is 0.386 e. The summed E-state index contributed by atoms with van der Waals surface area (Å²) in [5.74, 6) is 2.61. The second kappa shape index (κ2) is 4.19. The molecule has 1 rings (SSSR count). The normalized spacial score (nSPS) is 29.9. The molecule has 0 fully saturated rings. The fourth-order valence-electron chi connectivity index (χ4n) is 1.79. The molecule has 1 N–H and O–H groups in total. The molecule has 0 amide bonds. The van der Waals surface area contributed by atoms with E-state index < -0.39 is 5.60 Å². The molecule has 0 aromatic heterocycles. The Hall–Kier alpha value is -0.740. The predicted molar refractivity (Wildman–Crippen MR) is 59.8 cm³/mol. The molecule has 0 aromatic carbocycles. The molecule has 78 valence electrons. The van der Waals surface area contributed by atoms with Gasteiger partial charge in [-0.05, 0) is 31.1 Å². The van der Waals surface area contributed by atoms with Gasteiger partial charge in [-0.2, -0.15) is 0 Å². The summed E-state index contributed by atoms with van der Waals surface area (Å²) >= 11 is 0. The molecule has 0 spiro atoms. The van der Waals surface area contributed by atoms with Crippen LogP contribution in [-0.4, -0.2) is 10.7 Å². The highest BCUT2D eigenvalue weighted by molar-refractivity contribution is 5.11. The van der Waals surface area contributed by atoms with Gasteiger partial charge in [0.05, 0.1) is 5.60 Å². The summed E-state index contributed by atoms with van der Waals surface area (Å²) in [7, 11) is 0. The summed E-state index contributed by atoms with van der Waals surface area (Å²) in [5.41, 5.74) is -0.343. The van der Waals surface area contributed by atoms with Gasteiger partial charge < -0.3 is 5.11 Å². The average molecular weight is 192 g/mol. The summed E-state index contributed by atoms with van der Waals surface area (Å²) < 4.78 is 0. The summed E-state index contributed by atoms with van der Waals surface area (Å²) in [6.45, 7) is 4.40. The fourth-order valence-corrected chi connectivity index (χ4v) is 1.79. The zero-order chi connectivity index (χ0) is 10.7. The van der Waals surface area contributed by atoms with E-state index in [0.29, 0.717) is 0 Å². The summed E-state index contributed by atoms with van der Waals surface area (Å²) in [6.07, 6.45) is 13.7. The minimum Gasteiger partial charge on any atom is -0.386 e. The van der Waals surface area contributed by atoms with Crippen molar-refractivity contribution in [2.24, 2.45) is 5.41 Å². The molecule has 0 saturated heterocycles. The lowest BCUT2D eigenvalue weighted by atomic mass is 9.75. The Morgan fingerprint density at radius 2 is 2.07 bits per heavy atom. The number of rotatable bonds is 3. The number of allylic oxidation sites excluding steroid dienone is 1. The molecule has 1 aliphatic carbocycles. The second-order valence-corrected chi connectivity index (χ2v) is 4.98. The van der Waals surface area contributed by atoms with Crippen LogP contribution in [0.1, 0.15) is 46.0 Å². The van der Waals surface area contributed by atoms with E-state index in [1.807, 2.05) is 6.08 Å². The monoisotopic (exact) mass is 192 g/mol. The topological polar surface area (TPSA) is 20.2 Å². The molecule has 0 bridgehead atoms. The Bertz CT molecular complexity index is 257. The van der Waals surface area contributed by atoms with E-state index in [-0.39, 0.29) is 5.41 Å². The van der Waals surface area contributed by atoms with Crippen molar-refractivity contribution in [3.63, 3.8) is 0 Å². The second-order valence-electron chi connectivity index (χ2n) is 4.98. The van der Waals surface area contributed by atoms with Crippen molar-refractivity contribution in [2.45, 2.75) is 51.6 Å². The molecule has 1 heteroatoms. The van der Waals surface area contributed by atoms with Crippen molar-refractivity contribution in [2.75, 3.05) is 0 Å². The molecule has 14 heavy (non-hydrogen) atoms. The number of aliphatic hydroxyl groups is 1. The van der Waals surface area contributed by atoms with E-state index in [2.05, 4.69) is 25.8 Å². The molecule has 0 saturated carbocycles. The Morgan fingerprint density at radius 3 is 2.57 bits per heavy atom. The van der Waals surface area contributed by atoms with E-state index in [1.165, 1.54) is 0 Å². The minimum absolute atomic E-state index is 0.248. The van der Waals surface area contributed by atoms with Crippen LogP contribution >= 0.6 is 0 Å². The molecule has 0 radical (unpaired) electrons. The van der Waals surface area contributed by atoms with Gasteiger partial charge in [-0.1, -0.05) is 26.0 Å². The maximum Gasteiger partial charge on any atom is 0.0828 e. The van der Waals surface area contributed by atoms with Gasteiger partial charge in [-0.25, -0.2) is 0 Å². The van der Waals surface area contributed by atoms with Crippen LogP contribution in [0.3, 0.4) is 0 Å². The van der Waals surface area contributed by atoms with Gasteiger partial charge in [-0.15, -0.1) is 12.3 Å². The van der Waals surface area contributed by atoms with E-state index >= 15 is 0 Å². The Morgan fingerprint density at radius 1 is 1.36 bits per heavy atom. The molecular weight excluding hydrogens is 172 g/mol. The third-order valence-electron chi connectivity index (χ3n) is 2.98. The van der Waals surface area contributed by atoms with Crippen LogP contribution < -0.4 is 0 Å². The molecular formula is C13H20O. The van der Waals surface area contributed by atoms with Crippen molar-refractivity contribution in [3.8, 4) is 12.3 Å². The summed E-state index contributed by atoms with van der Waals surface area (Å²) in [4.78, 5) is 0. The SMILES string of the molecule is C#CCCCC1(O)C=CC(C)(C)CC1. The highest BCUT2D eigenvalue weighted by atomic mass is 16.3. The van der Waals surface area contributed by atoms with Crippen molar-refractivity contribution < 1.29 is 5.11 Å². The van der Waals surface area contributed by atoms with Crippen LogP contribution in [0.15, 0.2) is 12.2 Å². The van der Waals surface area contributed by atoms with Crippen molar-refractivity contribution in [1.82, 2.24) is 0 Å². The fraction of sp³-hybridized carbons (Fsp3) is 0.692. The maximum atomic E-state index is 10.2. The average Bonchev–Trinajstić information content (AvgIpc) is 2.12. The van der Waals surface area contributed by atoms with Crippen LogP contribution in [0, 0.1) is 17.8 Å². The van der Waals surface area contributed by atoms with E-state index in [9.17, 15) is 5.11 Å². The third-order valence-corrected chi connectivity index (χ3v) is 2.98. The first-order chi connectivity index (χ1) is 6.47. The molecule has 0 heterocycles. The van der Waals surface area contributed by atoms with Gasteiger partial charge in [0.25, 0.3) is 0 Å². The van der Waals surface area contributed by atoms with Gasteiger partial charge in [0.2, 0.25) is 0 Å². The smallest absolute Gasteiger partial charge is 0.0828 e. The van der Waals surface area contributed by atoms with Crippen LogP contribution in [0.4, 0.5) is 0 Å². The molecule has 1 unspecified atom stereocenters. The number of hydrogen-bond acceptors (Lipinski definition) is 1. The lowest BCUT2D eigenvalue weighted by molar-refractivity contribution is 0.0507. The Labute approximate surface area is 87.2 Å². The summed E-state index contributed by atoms with van der Waals surface area (Å²) in [5, 5.41) is 10.2. The first-order valence-corrected chi connectivity index (χ1v) is 5.34. The first-order valence-electron chi connectivity index (χ1n) is 5.34. The zero-order valence-electron chi connectivity index (χ0n) is 9.21. The third kappa shape index (κ3) is 3.20.